The van der Waals surface area contributed by atoms with Crippen LogP contribution in [0.4, 0.5) is 4.39 Å². The summed E-state index contributed by atoms with van der Waals surface area (Å²) in [4.78, 5) is 6.96. The van der Waals surface area contributed by atoms with Gasteiger partial charge < -0.3 is 9.52 Å². The van der Waals surface area contributed by atoms with Crippen LogP contribution >= 0.6 is 0 Å². The number of hydrogen-bond acceptors (Lipinski definition) is 4. The van der Waals surface area contributed by atoms with E-state index in [1.165, 1.54) is 23.3 Å². The van der Waals surface area contributed by atoms with Gasteiger partial charge in [-0.25, -0.2) is 9.37 Å². The largest absolute Gasteiger partial charge is 0.444 e. The van der Waals surface area contributed by atoms with E-state index >= 15 is 0 Å². The van der Waals surface area contributed by atoms with Crippen LogP contribution in [0.1, 0.15) is 35.7 Å². The van der Waals surface area contributed by atoms with Gasteiger partial charge in [-0.2, -0.15) is 0 Å². The van der Waals surface area contributed by atoms with Gasteiger partial charge in [0.2, 0.25) is 5.89 Å². The normalized spacial score (nSPS) is 16.0. The van der Waals surface area contributed by atoms with Crippen LogP contribution in [0.15, 0.2) is 59.2 Å². The van der Waals surface area contributed by atoms with Crippen molar-refractivity contribution in [3.05, 3.63) is 77.4 Å². The van der Waals surface area contributed by atoms with Crippen molar-refractivity contribution in [2.45, 2.75) is 31.8 Å². The van der Waals surface area contributed by atoms with Crippen LogP contribution in [0.25, 0.3) is 11.5 Å². The van der Waals surface area contributed by atoms with Crippen molar-refractivity contribution in [1.82, 2.24) is 9.88 Å². The first-order valence-corrected chi connectivity index (χ1v) is 9.37. The number of hydrogen-bond donors (Lipinski definition) is 1. The summed E-state index contributed by atoms with van der Waals surface area (Å²) < 4.78 is 18.7. The van der Waals surface area contributed by atoms with Crippen LogP contribution in [-0.4, -0.2) is 28.1 Å². The standard InChI is InChI=1S/C22H23FN2O2/c23-18-9-6-17(7-10-18)22-24-19(15-27-22)14-25(12-3-13-26)21-11-8-16-4-1-2-5-20(16)21/h1-2,4-7,9-10,15,21,26H,3,8,11-14H2. The Labute approximate surface area is 158 Å². The average Bonchev–Trinajstić information content (AvgIpc) is 3.33. The lowest BCUT2D eigenvalue weighted by Crippen LogP contribution is -2.29. The van der Waals surface area contributed by atoms with Gasteiger partial charge in [-0.05, 0) is 54.7 Å². The molecule has 3 aromatic rings. The molecule has 0 bridgehead atoms. The summed E-state index contributed by atoms with van der Waals surface area (Å²) in [6, 6.07) is 15.1. The van der Waals surface area contributed by atoms with Gasteiger partial charge in [0, 0.05) is 31.3 Å². The molecule has 1 aliphatic rings. The fourth-order valence-corrected chi connectivity index (χ4v) is 3.85. The van der Waals surface area contributed by atoms with E-state index in [1.54, 1.807) is 18.4 Å². The molecule has 5 heteroatoms. The number of aliphatic hydroxyl groups excluding tert-OH is 1. The van der Waals surface area contributed by atoms with Crippen molar-refractivity contribution in [3.8, 4) is 11.5 Å². The molecule has 1 aromatic heterocycles. The highest BCUT2D eigenvalue weighted by Crippen LogP contribution is 2.36. The molecule has 1 unspecified atom stereocenters. The third kappa shape index (κ3) is 3.94. The van der Waals surface area contributed by atoms with Gasteiger partial charge in [0.05, 0.1) is 5.69 Å². The molecule has 0 saturated carbocycles. The Morgan fingerprint density at radius 2 is 1.96 bits per heavy atom. The second-order valence-corrected chi connectivity index (χ2v) is 6.95. The average molecular weight is 366 g/mol. The second-order valence-electron chi connectivity index (χ2n) is 6.95. The van der Waals surface area contributed by atoms with Gasteiger partial charge in [0.1, 0.15) is 12.1 Å². The number of rotatable bonds is 7. The summed E-state index contributed by atoms with van der Waals surface area (Å²) in [6.45, 7) is 1.63. The van der Waals surface area contributed by atoms with Crippen molar-refractivity contribution in [2.75, 3.05) is 13.2 Å². The second kappa shape index (κ2) is 8.03. The molecule has 0 fully saturated rings. The first-order chi connectivity index (χ1) is 13.2. The fourth-order valence-electron chi connectivity index (χ4n) is 3.85. The highest BCUT2D eigenvalue weighted by molar-refractivity contribution is 5.52. The molecule has 27 heavy (non-hydrogen) atoms. The van der Waals surface area contributed by atoms with Crippen LogP contribution in [0.5, 0.6) is 0 Å². The minimum atomic E-state index is -0.277. The van der Waals surface area contributed by atoms with Crippen LogP contribution in [0.2, 0.25) is 0 Å². The smallest absolute Gasteiger partial charge is 0.226 e. The maximum absolute atomic E-state index is 13.1. The summed E-state index contributed by atoms with van der Waals surface area (Å²) in [7, 11) is 0. The number of benzene rings is 2. The van der Waals surface area contributed by atoms with Gasteiger partial charge >= 0.3 is 0 Å². The molecule has 0 amide bonds. The summed E-state index contributed by atoms with van der Waals surface area (Å²) in [5.74, 6) is 0.222. The van der Waals surface area contributed by atoms with Crippen LogP contribution in [0.3, 0.4) is 0 Å². The third-order valence-electron chi connectivity index (χ3n) is 5.15. The van der Waals surface area contributed by atoms with Crippen molar-refractivity contribution in [1.29, 1.82) is 0 Å². The van der Waals surface area contributed by atoms with Crippen LogP contribution in [0, 0.1) is 5.82 Å². The van der Waals surface area contributed by atoms with E-state index in [0.29, 0.717) is 18.5 Å². The van der Waals surface area contributed by atoms with Gasteiger partial charge in [0.15, 0.2) is 0 Å². The van der Waals surface area contributed by atoms with E-state index in [4.69, 9.17) is 4.42 Å². The lowest BCUT2D eigenvalue weighted by Gasteiger charge is -2.28. The lowest BCUT2D eigenvalue weighted by atomic mass is 10.1. The number of nitrogens with zero attached hydrogens (tertiary/aromatic N) is 2. The Balaban J connectivity index is 1.53. The summed E-state index contributed by atoms with van der Waals surface area (Å²) in [5.41, 5.74) is 4.38. The summed E-state index contributed by atoms with van der Waals surface area (Å²) in [6.07, 6.45) is 4.55. The Kier molecular flexibility index (Phi) is 5.32. The highest BCUT2D eigenvalue weighted by Gasteiger charge is 2.28. The molecular formula is C22H23FN2O2. The van der Waals surface area contributed by atoms with Crippen molar-refractivity contribution in [3.63, 3.8) is 0 Å². The van der Waals surface area contributed by atoms with Crippen LogP contribution in [-0.2, 0) is 13.0 Å². The Bertz CT molecular complexity index is 891. The molecule has 4 rings (SSSR count). The third-order valence-corrected chi connectivity index (χ3v) is 5.15. The van der Waals surface area contributed by atoms with E-state index in [2.05, 4.69) is 34.1 Å². The molecule has 1 heterocycles. The summed E-state index contributed by atoms with van der Waals surface area (Å²) >= 11 is 0. The molecule has 1 aliphatic carbocycles. The maximum Gasteiger partial charge on any atom is 0.226 e. The number of aromatic nitrogens is 1. The zero-order valence-corrected chi connectivity index (χ0v) is 15.1. The molecule has 140 valence electrons. The molecule has 4 nitrogen and oxygen atoms in total. The summed E-state index contributed by atoms with van der Waals surface area (Å²) in [5, 5.41) is 9.30. The molecule has 0 spiro atoms. The number of halogens is 1. The molecule has 2 aromatic carbocycles. The van der Waals surface area contributed by atoms with Crippen LogP contribution < -0.4 is 0 Å². The van der Waals surface area contributed by atoms with Crippen molar-refractivity contribution < 1.29 is 13.9 Å². The zero-order valence-electron chi connectivity index (χ0n) is 15.1. The predicted molar refractivity (Wildman–Crippen MR) is 102 cm³/mol. The maximum atomic E-state index is 13.1. The topological polar surface area (TPSA) is 49.5 Å². The molecule has 0 aliphatic heterocycles. The molecule has 0 radical (unpaired) electrons. The molecular weight excluding hydrogens is 343 g/mol. The molecule has 1 atom stereocenters. The van der Waals surface area contributed by atoms with E-state index in [1.807, 2.05) is 0 Å². The highest BCUT2D eigenvalue weighted by atomic mass is 19.1. The fraction of sp³-hybridized carbons (Fsp3) is 0.318. The van der Waals surface area contributed by atoms with Gasteiger partial charge in [-0.1, -0.05) is 24.3 Å². The Morgan fingerprint density at radius 3 is 2.78 bits per heavy atom. The Morgan fingerprint density at radius 1 is 1.15 bits per heavy atom. The monoisotopic (exact) mass is 366 g/mol. The molecule has 1 N–H and O–H groups in total. The quantitative estimate of drug-likeness (QED) is 0.675. The zero-order chi connectivity index (χ0) is 18.6. The molecule has 0 saturated heterocycles. The van der Waals surface area contributed by atoms with Gasteiger partial charge in [0.25, 0.3) is 0 Å². The minimum absolute atomic E-state index is 0.171. The van der Waals surface area contributed by atoms with E-state index < -0.39 is 0 Å². The van der Waals surface area contributed by atoms with E-state index in [0.717, 1.165) is 37.1 Å². The van der Waals surface area contributed by atoms with Gasteiger partial charge in [-0.3, -0.25) is 4.90 Å². The first-order valence-electron chi connectivity index (χ1n) is 9.37. The van der Waals surface area contributed by atoms with Crippen molar-refractivity contribution >= 4 is 0 Å². The predicted octanol–water partition coefficient (Wildman–Crippen LogP) is 4.35. The SMILES string of the molecule is OCCCN(Cc1coc(-c2ccc(F)cc2)n1)C1CCc2ccccc21. The van der Waals surface area contributed by atoms with Crippen molar-refractivity contribution in [2.24, 2.45) is 0 Å². The Hall–Kier alpha value is -2.50. The van der Waals surface area contributed by atoms with E-state index in [9.17, 15) is 9.50 Å². The number of oxazole rings is 1. The number of aryl methyl sites for hydroxylation is 1. The first kappa shape index (κ1) is 17.9. The number of aliphatic hydroxyl groups is 1. The number of fused-ring (bicyclic) bond motifs is 1. The van der Waals surface area contributed by atoms with E-state index in [-0.39, 0.29) is 12.4 Å². The lowest BCUT2D eigenvalue weighted by molar-refractivity contribution is 0.164. The van der Waals surface area contributed by atoms with Gasteiger partial charge in [-0.15, -0.1) is 0 Å². The minimum Gasteiger partial charge on any atom is -0.444 e.